The van der Waals surface area contributed by atoms with Crippen LogP contribution in [0.4, 0.5) is 4.39 Å². The fraction of sp³-hybridized carbons (Fsp3) is 0.571. The van der Waals surface area contributed by atoms with Gasteiger partial charge >= 0.3 is 0 Å². The lowest BCUT2D eigenvalue weighted by molar-refractivity contribution is -0.0808. The molecule has 0 bridgehead atoms. The predicted octanol–water partition coefficient (Wildman–Crippen LogP) is 3.42. The summed E-state index contributed by atoms with van der Waals surface area (Å²) in [4.78, 5) is 0. The lowest BCUT2D eigenvalue weighted by Gasteiger charge is -2.39. The summed E-state index contributed by atoms with van der Waals surface area (Å²) < 4.78 is 19.8. The molecule has 2 nitrogen and oxygen atoms in total. The van der Waals surface area contributed by atoms with Crippen molar-refractivity contribution < 1.29 is 9.13 Å². The van der Waals surface area contributed by atoms with Gasteiger partial charge in [-0.25, -0.2) is 4.39 Å². The largest absolute Gasteiger partial charge is 0.374 e. The lowest BCUT2D eigenvalue weighted by Crippen LogP contribution is -2.50. The van der Waals surface area contributed by atoms with Gasteiger partial charge < -0.3 is 10.5 Å². The third-order valence-corrected chi connectivity index (χ3v) is 4.64. The standard InChI is InChI=1S/C14H19BrFNO/c1-14(7-2-3-8-18-14)12(17)9-10-5-4-6-11(16)13(10)15/h4-6,12H,2-3,7-9,17H2,1H3. The van der Waals surface area contributed by atoms with Crippen molar-refractivity contribution in [1.82, 2.24) is 0 Å². The molecule has 0 aliphatic carbocycles. The van der Waals surface area contributed by atoms with E-state index in [1.807, 2.05) is 6.07 Å². The van der Waals surface area contributed by atoms with Gasteiger partial charge in [-0.05, 0) is 60.2 Å². The zero-order chi connectivity index (χ0) is 13.2. The first-order valence-corrected chi connectivity index (χ1v) is 7.15. The van der Waals surface area contributed by atoms with Crippen molar-refractivity contribution in [2.75, 3.05) is 6.61 Å². The predicted molar refractivity (Wildman–Crippen MR) is 74.0 cm³/mol. The Kier molecular flexibility index (Phi) is 4.41. The Morgan fingerprint density at radius 2 is 2.28 bits per heavy atom. The van der Waals surface area contributed by atoms with Gasteiger partial charge in [-0.2, -0.15) is 0 Å². The summed E-state index contributed by atoms with van der Waals surface area (Å²) in [5.74, 6) is -0.241. The summed E-state index contributed by atoms with van der Waals surface area (Å²) in [5, 5.41) is 0. The van der Waals surface area contributed by atoms with Gasteiger partial charge in [0.1, 0.15) is 5.82 Å². The second kappa shape index (κ2) is 5.68. The first kappa shape index (κ1) is 14.0. The van der Waals surface area contributed by atoms with E-state index >= 15 is 0 Å². The van der Waals surface area contributed by atoms with E-state index in [0.29, 0.717) is 10.9 Å². The first-order valence-electron chi connectivity index (χ1n) is 6.35. The molecule has 2 N–H and O–H groups in total. The molecule has 2 unspecified atom stereocenters. The van der Waals surface area contributed by atoms with E-state index in [1.54, 1.807) is 6.07 Å². The van der Waals surface area contributed by atoms with Gasteiger partial charge in [0.2, 0.25) is 0 Å². The minimum absolute atomic E-state index is 0.115. The van der Waals surface area contributed by atoms with Gasteiger partial charge in [0.25, 0.3) is 0 Å². The highest BCUT2D eigenvalue weighted by atomic mass is 79.9. The third-order valence-electron chi connectivity index (χ3n) is 3.76. The quantitative estimate of drug-likeness (QED) is 0.927. The molecule has 0 amide bonds. The van der Waals surface area contributed by atoms with Crippen LogP contribution in [-0.4, -0.2) is 18.2 Å². The average Bonchev–Trinajstić information content (AvgIpc) is 2.36. The first-order chi connectivity index (χ1) is 8.53. The number of hydrogen-bond donors (Lipinski definition) is 1. The van der Waals surface area contributed by atoms with E-state index in [-0.39, 0.29) is 17.5 Å². The molecule has 1 aliphatic rings. The average molecular weight is 316 g/mol. The Labute approximate surface area is 116 Å². The molecule has 1 aliphatic heterocycles. The molecule has 0 radical (unpaired) electrons. The van der Waals surface area contributed by atoms with Crippen LogP contribution in [0, 0.1) is 5.82 Å². The fourth-order valence-corrected chi connectivity index (χ4v) is 2.83. The second-order valence-electron chi connectivity index (χ2n) is 5.14. The van der Waals surface area contributed by atoms with Crippen LogP contribution in [0.15, 0.2) is 22.7 Å². The molecule has 18 heavy (non-hydrogen) atoms. The summed E-state index contributed by atoms with van der Waals surface area (Å²) in [7, 11) is 0. The number of hydrogen-bond acceptors (Lipinski definition) is 2. The molecule has 0 spiro atoms. The number of benzene rings is 1. The van der Waals surface area contributed by atoms with Crippen LogP contribution < -0.4 is 5.73 Å². The Hall–Kier alpha value is -0.450. The Bertz CT molecular complexity index is 418. The van der Waals surface area contributed by atoms with E-state index in [4.69, 9.17) is 10.5 Å². The topological polar surface area (TPSA) is 35.2 Å². The summed E-state index contributed by atoms with van der Waals surface area (Å²) in [5.41, 5.74) is 6.88. The SMILES string of the molecule is CC1(C(N)Cc2cccc(F)c2Br)CCCCO1. The maximum atomic E-state index is 13.4. The van der Waals surface area contributed by atoms with Crippen molar-refractivity contribution in [2.24, 2.45) is 5.73 Å². The number of halogens is 2. The highest BCUT2D eigenvalue weighted by molar-refractivity contribution is 9.10. The van der Waals surface area contributed by atoms with Crippen molar-refractivity contribution in [3.05, 3.63) is 34.1 Å². The summed E-state index contributed by atoms with van der Waals surface area (Å²) in [6.45, 7) is 2.83. The fourth-order valence-electron chi connectivity index (χ4n) is 2.41. The molecule has 1 aromatic carbocycles. The molecule has 0 aromatic heterocycles. The van der Waals surface area contributed by atoms with Gasteiger partial charge in [-0.3, -0.25) is 0 Å². The van der Waals surface area contributed by atoms with E-state index in [9.17, 15) is 4.39 Å². The van der Waals surface area contributed by atoms with Gasteiger partial charge in [0.05, 0.1) is 10.1 Å². The van der Waals surface area contributed by atoms with Crippen LogP contribution in [-0.2, 0) is 11.2 Å². The van der Waals surface area contributed by atoms with Crippen LogP contribution in [0.2, 0.25) is 0 Å². The highest BCUT2D eigenvalue weighted by Crippen LogP contribution is 2.30. The van der Waals surface area contributed by atoms with Gasteiger partial charge in [-0.1, -0.05) is 12.1 Å². The second-order valence-corrected chi connectivity index (χ2v) is 5.93. The molecule has 1 fully saturated rings. The summed E-state index contributed by atoms with van der Waals surface area (Å²) in [6.07, 6.45) is 3.84. The molecule has 0 saturated carbocycles. The monoisotopic (exact) mass is 315 g/mol. The smallest absolute Gasteiger partial charge is 0.137 e. The maximum Gasteiger partial charge on any atom is 0.137 e. The maximum absolute atomic E-state index is 13.4. The molecule has 4 heteroatoms. The minimum Gasteiger partial charge on any atom is -0.374 e. The van der Waals surface area contributed by atoms with Crippen LogP contribution in [0.1, 0.15) is 31.7 Å². The van der Waals surface area contributed by atoms with Crippen LogP contribution in [0.3, 0.4) is 0 Å². The van der Waals surface area contributed by atoms with E-state index < -0.39 is 0 Å². The molecule has 2 rings (SSSR count). The zero-order valence-electron chi connectivity index (χ0n) is 10.6. The van der Waals surface area contributed by atoms with E-state index in [1.165, 1.54) is 6.07 Å². The van der Waals surface area contributed by atoms with Gasteiger partial charge in [0.15, 0.2) is 0 Å². The van der Waals surface area contributed by atoms with Crippen molar-refractivity contribution >= 4 is 15.9 Å². The van der Waals surface area contributed by atoms with E-state index in [0.717, 1.165) is 31.4 Å². The lowest BCUT2D eigenvalue weighted by atomic mass is 9.85. The Morgan fingerprint density at radius 1 is 1.50 bits per heavy atom. The number of rotatable bonds is 3. The summed E-state index contributed by atoms with van der Waals surface area (Å²) >= 11 is 3.28. The summed E-state index contributed by atoms with van der Waals surface area (Å²) in [6, 6.07) is 4.94. The molecule has 1 aromatic rings. The van der Waals surface area contributed by atoms with Crippen LogP contribution in [0.25, 0.3) is 0 Å². The third kappa shape index (κ3) is 2.92. The van der Waals surface area contributed by atoms with Crippen molar-refractivity contribution in [3.8, 4) is 0 Å². The zero-order valence-corrected chi connectivity index (χ0v) is 12.2. The molecular weight excluding hydrogens is 297 g/mol. The molecular formula is C14H19BrFNO. The van der Waals surface area contributed by atoms with Crippen molar-refractivity contribution in [3.63, 3.8) is 0 Å². The van der Waals surface area contributed by atoms with Crippen LogP contribution >= 0.6 is 15.9 Å². The Balaban J connectivity index is 2.10. The van der Waals surface area contributed by atoms with E-state index in [2.05, 4.69) is 22.9 Å². The molecule has 1 heterocycles. The highest BCUT2D eigenvalue weighted by Gasteiger charge is 2.34. The Morgan fingerprint density at radius 3 is 2.94 bits per heavy atom. The molecule has 1 saturated heterocycles. The van der Waals surface area contributed by atoms with Gasteiger partial charge in [-0.15, -0.1) is 0 Å². The van der Waals surface area contributed by atoms with Crippen molar-refractivity contribution in [2.45, 2.75) is 44.2 Å². The minimum atomic E-state index is -0.288. The van der Waals surface area contributed by atoms with Gasteiger partial charge in [0, 0.05) is 12.6 Å². The number of ether oxygens (including phenoxy) is 1. The molecule has 100 valence electrons. The number of nitrogens with two attached hydrogens (primary N) is 1. The molecule has 2 atom stereocenters. The van der Waals surface area contributed by atoms with Crippen molar-refractivity contribution in [1.29, 1.82) is 0 Å². The van der Waals surface area contributed by atoms with Crippen LogP contribution in [0.5, 0.6) is 0 Å². The normalized spacial score (nSPS) is 26.0.